The summed E-state index contributed by atoms with van der Waals surface area (Å²) in [4.78, 5) is 12.4. The van der Waals surface area contributed by atoms with E-state index < -0.39 is 0 Å². The lowest BCUT2D eigenvalue weighted by atomic mass is 10.1. The van der Waals surface area contributed by atoms with Gasteiger partial charge in [0.15, 0.2) is 0 Å². The maximum absolute atomic E-state index is 12.4. The predicted octanol–water partition coefficient (Wildman–Crippen LogP) is 3.51. The highest BCUT2D eigenvalue weighted by molar-refractivity contribution is 5.83. The van der Waals surface area contributed by atoms with Gasteiger partial charge in [0.2, 0.25) is 0 Å². The highest BCUT2D eigenvalue weighted by Gasteiger charge is 2.15. The number of carbonyl (C=O) groups is 1. The molecule has 0 aliphatic carbocycles. The zero-order valence-electron chi connectivity index (χ0n) is 13.2. The molecule has 0 spiro atoms. The van der Waals surface area contributed by atoms with Gasteiger partial charge < -0.3 is 5.32 Å². The Morgan fingerprint density at radius 1 is 1.24 bits per heavy atom. The third-order valence-corrected chi connectivity index (χ3v) is 3.75. The smallest absolute Gasteiger partial charge is 0.266 e. The molecule has 0 aliphatic heterocycles. The van der Waals surface area contributed by atoms with Crippen molar-refractivity contribution in [2.24, 2.45) is 0 Å². The average molecular weight is 285 g/mol. The fourth-order valence-corrected chi connectivity index (χ4v) is 2.55. The molecule has 0 fully saturated rings. The van der Waals surface area contributed by atoms with Crippen molar-refractivity contribution in [1.82, 2.24) is 9.78 Å². The number of hydrogen-bond donors (Lipinski definition) is 1. The van der Waals surface area contributed by atoms with Gasteiger partial charge in [0, 0.05) is 11.4 Å². The number of nitrogens with one attached hydrogen (secondary N) is 1. The molecule has 1 aromatic heterocycles. The fraction of sp³-hybridized carbons (Fsp3) is 0.412. The van der Waals surface area contributed by atoms with Crippen molar-refractivity contribution >= 4 is 11.6 Å². The molecule has 4 nitrogen and oxygen atoms in total. The first kappa shape index (κ1) is 15.3. The minimum absolute atomic E-state index is 0.0267. The zero-order valence-corrected chi connectivity index (χ0v) is 13.2. The summed E-state index contributed by atoms with van der Waals surface area (Å²) in [5.41, 5.74) is 5.23. The van der Waals surface area contributed by atoms with Crippen LogP contribution in [-0.4, -0.2) is 22.2 Å². The molecule has 2 rings (SSSR count). The molecule has 0 saturated carbocycles. The number of benzene rings is 1. The van der Waals surface area contributed by atoms with Crippen LogP contribution in [0.5, 0.6) is 0 Å². The molecule has 1 aromatic carbocycles. The van der Waals surface area contributed by atoms with E-state index in [0.717, 1.165) is 35.5 Å². The normalized spacial score (nSPS) is 10.7. The molecule has 1 heterocycles. The van der Waals surface area contributed by atoms with Gasteiger partial charge in [0.25, 0.3) is 5.91 Å². The van der Waals surface area contributed by atoms with E-state index in [0.29, 0.717) is 0 Å². The van der Waals surface area contributed by atoms with Crippen molar-refractivity contribution < 1.29 is 4.79 Å². The molecule has 0 unspecified atom stereocenters. The number of carbonyl (C=O) groups excluding carboxylic acids is 1. The van der Waals surface area contributed by atoms with Gasteiger partial charge in [-0.25, -0.2) is 4.68 Å². The SMILES string of the molecule is CCCc1c(C)nn(C(=O)CNc2ccccc2C)c1C. The summed E-state index contributed by atoms with van der Waals surface area (Å²) in [6.45, 7) is 8.35. The summed E-state index contributed by atoms with van der Waals surface area (Å²) in [5.74, 6) is -0.0267. The van der Waals surface area contributed by atoms with E-state index in [-0.39, 0.29) is 12.5 Å². The van der Waals surface area contributed by atoms with Gasteiger partial charge in [-0.05, 0) is 44.4 Å². The Morgan fingerprint density at radius 3 is 2.62 bits per heavy atom. The molecule has 1 N–H and O–H groups in total. The van der Waals surface area contributed by atoms with Crippen LogP contribution in [0.25, 0.3) is 0 Å². The largest absolute Gasteiger partial charge is 0.376 e. The number of aromatic nitrogens is 2. The van der Waals surface area contributed by atoms with Crippen LogP contribution in [0.1, 0.15) is 40.7 Å². The van der Waals surface area contributed by atoms with Gasteiger partial charge in [-0.1, -0.05) is 31.5 Å². The van der Waals surface area contributed by atoms with Crippen LogP contribution in [0.4, 0.5) is 5.69 Å². The van der Waals surface area contributed by atoms with Crippen molar-refractivity contribution in [2.75, 3.05) is 11.9 Å². The Bertz CT molecular complexity index is 643. The second kappa shape index (κ2) is 6.57. The van der Waals surface area contributed by atoms with Crippen molar-refractivity contribution in [1.29, 1.82) is 0 Å². The summed E-state index contributed by atoms with van der Waals surface area (Å²) in [6, 6.07) is 7.95. The molecule has 21 heavy (non-hydrogen) atoms. The summed E-state index contributed by atoms with van der Waals surface area (Å²) in [6.07, 6.45) is 2.03. The van der Waals surface area contributed by atoms with E-state index in [1.54, 1.807) is 0 Å². The number of para-hydroxylation sites is 1. The zero-order chi connectivity index (χ0) is 15.4. The van der Waals surface area contributed by atoms with E-state index in [9.17, 15) is 4.79 Å². The van der Waals surface area contributed by atoms with Gasteiger partial charge in [0.05, 0.1) is 12.2 Å². The maximum atomic E-state index is 12.4. The molecule has 0 bridgehead atoms. The second-order valence-electron chi connectivity index (χ2n) is 5.37. The van der Waals surface area contributed by atoms with E-state index in [2.05, 4.69) is 17.3 Å². The fourth-order valence-electron chi connectivity index (χ4n) is 2.55. The van der Waals surface area contributed by atoms with Crippen LogP contribution in [0.2, 0.25) is 0 Å². The molecule has 2 aromatic rings. The summed E-state index contributed by atoms with van der Waals surface area (Å²) < 4.78 is 1.53. The molecule has 0 radical (unpaired) electrons. The van der Waals surface area contributed by atoms with Crippen molar-refractivity contribution in [2.45, 2.75) is 40.5 Å². The lowest BCUT2D eigenvalue weighted by molar-refractivity contribution is 0.0910. The Hall–Kier alpha value is -2.10. The second-order valence-corrected chi connectivity index (χ2v) is 5.37. The lowest BCUT2D eigenvalue weighted by Gasteiger charge is -2.09. The third kappa shape index (κ3) is 3.32. The highest BCUT2D eigenvalue weighted by Crippen LogP contribution is 2.16. The van der Waals surface area contributed by atoms with Crippen LogP contribution in [0, 0.1) is 20.8 Å². The van der Waals surface area contributed by atoms with Crippen LogP contribution in [-0.2, 0) is 6.42 Å². The van der Waals surface area contributed by atoms with Crippen molar-refractivity contribution in [3.8, 4) is 0 Å². The summed E-state index contributed by atoms with van der Waals surface area (Å²) in [5, 5.41) is 7.58. The highest BCUT2D eigenvalue weighted by atomic mass is 16.2. The number of rotatable bonds is 5. The van der Waals surface area contributed by atoms with E-state index in [1.807, 2.05) is 45.0 Å². The minimum atomic E-state index is -0.0267. The molecule has 0 atom stereocenters. The van der Waals surface area contributed by atoms with E-state index in [4.69, 9.17) is 0 Å². The van der Waals surface area contributed by atoms with Gasteiger partial charge in [0.1, 0.15) is 0 Å². The maximum Gasteiger partial charge on any atom is 0.266 e. The van der Waals surface area contributed by atoms with Crippen LogP contribution < -0.4 is 5.32 Å². The number of aryl methyl sites for hydroxylation is 2. The third-order valence-electron chi connectivity index (χ3n) is 3.75. The number of hydrogen-bond acceptors (Lipinski definition) is 3. The average Bonchev–Trinajstić information content (AvgIpc) is 2.75. The first-order valence-corrected chi connectivity index (χ1v) is 7.42. The monoisotopic (exact) mass is 285 g/mol. The van der Waals surface area contributed by atoms with Crippen molar-refractivity contribution in [3.05, 3.63) is 46.8 Å². The summed E-state index contributed by atoms with van der Waals surface area (Å²) >= 11 is 0. The standard InChI is InChI=1S/C17H23N3O/c1-5-8-15-13(3)19-20(14(15)4)17(21)11-18-16-10-7-6-9-12(16)2/h6-7,9-10,18H,5,8,11H2,1-4H3. The molecule has 4 heteroatoms. The Balaban J connectivity index is 2.11. The molecule has 112 valence electrons. The summed E-state index contributed by atoms with van der Waals surface area (Å²) in [7, 11) is 0. The topological polar surface area (TPSA) is 46.9 Å². The van der Waals surface area contributed by atoms with Crippen LogP contribution >= 0.6 is 0 Å². The van der Waals surface area contributed by atoms with Gasteiger partial charge in [-0.15, -0.1) is 0 Å². The first-order valence-electron chi connectivity index (χ1n) is 7.42. The van der Waals surface area contributed by atoms with Crippen LogP contribution in [0.15, 0.2) is 24.3 Å². The van der Waals surface area contributed by atoms with Gasteiger partial charge >= 0.3 is 0 Å². The van der Waals surface area contributed by atoms with Gasteiger partial charge in [-0.3, -0.25) is 4.79 Å². The lowest BCUT2D eigenvalue weighted by Crippen LogP contribution is -2.23. The number of nitrogens with zero attached hydrogens (tertiary/aromatic N) is 2. The minimum Gasteiger partial charge on any atom is -0.376 e. The Morgan fingerprint density at radius 2 is 1.95 bits per heavy atom. The Labute approximate surface area is 126 Å². The predicted molar refractivity (Wildman–Crippen MR) is 86.0 cm³/mol. The molecule has 0 amide bonds. The first-order chi connectivity index (χ1) is 10.0. The van der Waals surface area contributed by atoms with Crippen LogP contribution in [0.3, 0.4) is 0 Å². The van der Waals surface area contributed by atoms with E-state index in [1.165, 1.54) is 10.2 Å². The van der Waals surface area contributed by atoms with Gasteiger partial charge in [-0.2, -0.15) is 5.10 Å². The quantitative estimate of drug-likeness (QED) is 0.914. The molecular weight excluding hydrogens is 262 g/mol. The Kier molecular flexibility index (Phi) is 4.78. The molecule has 0 saturated heterocycles. The van der Waals surface area contributed by atoms with Crippen molar-refractivity contribution in [3.63, 3.8) is 0 Å². The molecule has 0 aliphatic rings. The molecular formula is C17H23N3O. The number of anilines is 1. The van der Waals surface area contributed by atoms with E-state index >= 15 is 0 Å².